The Kier molecular flexibility index (Phi) is 3.98. The van der Waals surface area contributed by atoms with Crippen LogP contribution in [0.4, 0.5) is 5.69 Å². The normalized spacial score (nSPS) is 22.7. The first-order chi connectivity index (χ1) is 8.58. The van der Waals surface area contributed by atoms with Gasteiger partial charge in [0.25, 0.3) is 5.91 Å². The lowest BCUT2D eigenvalue weighted by Crippen LogP contribution is -2.30. The highest BCUT2D eigenvalue weighted by Gasteiger charge is 2.34. The standard InChI is InChI=1S/C12H12BrNO4/c13-7-3-1-2-4-8(7)14-11(15)9-5-6-10(18-9)12(16)17/h1-4,9-10H,5-6H2,(H,14,15)(H,16,17)/t9-,10+/m0/s1. The van der Waals surface area contributed by atoms with Crippen LogP contribution in [0.2, 0.25) is 0 Å². The minimum absolute atomic E-state index is 0.314. The maximum absolute atomic E-state index is 11.9. The van der Waals surface area contributed by atoms with Crippen molar-refractivity contribution in [1.29, 1.82) is 0 Å². The topological polar surface area (TPSA) is 75.6 Å². The zero-order valence-corrected chi connectivity index (χ0v) is 11.0. The lowest BCUT2D eigenvalue weighted by atomic mass is 10.2. The Morgan fingerprint density at radius 2 is 1.94 bits per heavy atom. The summed E-state index contributed by atoms with van der Waals surface area (Å²) in [6, 6.07) is 7.21. The molecule has 0 spiro atoms. The lowest BCUT2D eigenvalue weighted by molar-refractivity contribution is -0.150. The average molecular weight is 314 g/mol. The number of ether oxygens (including phenoxy) is 1. The minimum Gasteiger partial charge on any atom is -0.479 e. The number of nitrogens with one attached hydrogen (secondary N) is 1. The summed E-state index contributed by atoms with van der Waals surface area (Å²) in [5.74, 6) is -1.34. The second kappa shape index (κ2) is 5.49. The highest BCUT2D eigenvalue weighted by atomic mass is 79.9. The molecule has 1 heterocycles. The van der Waals surface area contributed by atoms with Crippen molar-refractivity contribution in [3.8, 4) is 0 Å². The number of halogens is 1. The maximum Gasteiger partial charge on any atom is 0.332 e. The number of amides is 1. The molecular weight excluding hydrogens is 302 g/mol. The fourth-order valence-electron chi connectivity index (χ4n) is 1.79. The molecule has 1 saturated heterocycles. The molecular formula is C12H12BrNO4. The Morgan fingerprint density at radius 1 is 1.28 bits per heavy atom. The van der Waals surface area contributed by atoms with Crippen LogP contribution < -0.4 is 5.32 Å². The number of carboxylic acid groups (broad SMARTS) is 1. The van der Waals surface area contributed by atoms with Crippen LogP contribution in [-0.2, 0) is 14.3 Å². The molecule has 2 N–H and O–H groups in total. The van der Waals surface area contributed by atoms with Crippen molar-refractivity contribution in [2.24, 2.45) is 0 Å². The molecule has 0 aromatic heterocycles. The molecule has 0 unspecified atom stereocenters. The van der Waals surface area contributed by atoms with Crippen LogP contribution in [0.1, 0.15) is 12.8 Å². The number of carboxylic acids is 1. The lowest BCUT2D eigenvalue weighted by Gasteiger charge is -2.12. The predicted molar refractivity (Wildman–Crippen MR) is 68.3 cm³/mol. The van der Waals surface area contributed by atoms with Gasteiger partial charge in [-0.25, -0.2) is 4.79 Å². The van der Waals surface area contributed by atoms with Gasteiger partial charge in [-0.05, 0) is 40.9 Å². The molecule has 1 aliphatic heterocycles. The van der Waals surface area contributed by atoms with Gasteiger partial charge in [-0.2, -0.15) is 0 Å². The van der Waals surface area contributed by atoms with Crippen molar-refractivity contribution in [2.75, 3.05) is 5.32 Å². The maximum atomic E-state index is 11.9. The molecule has 0 saturated carbocycles. The molecule has 2 rings (SSSR count). The van der Waals surface area contributed by atoms with Crippen LogP contribution in [0.25, 0.3) is 0 Å². The van der Waals surface area contributed by atoms with Crippen LogP contribution in [0.5, 0.6) is 0 Å². The Hall–Kier alpha value is -1.40. The van der Waals surface area contributed by atoms with E-state index in [0.717, 1.165) is 4.47 Å². The van der Waals surface area contributed by atoms with E-state index in [4.69, 9.17) is 9.84 Å². The van der Waals surface area contributed by atoms with Gasteiger partial charge in [0, 0.05) is 4.47 Å². The molecule has 0 aliphatic carbocycles. The van der Waals surface area contributed by atoms with E-state index in [1.807, 2.05) is 12.1 Å². The Bertz CT molecular complexity index is 477. The van der Waals surface area contributed by atoms with Gasteiger partial charge in [0.05, 0.1) is 5.69 Å². The van der Waals surface area contributed by atoms with Crippen molar-refractivity contribution >= 4 is 33.5 Å². The Morgan fingerprint density at radius 3 is 2.56 bits per heavy atom. The number of carbonyl (C=O) groups excluding carboxylic acids is 1. The van der Waals surface area contributed by atoms with Gasteiger partial charge in [0.1, 0.15) is 6.10 Å². The first-order valence-corrected chi connectivity index (χ1v) is 6.31. The van der Waals surface area contributed by atoms with Gasteiger partial charge in [-0.3, -0.25) is 4.79 Å². The van der Waals surface area contributed by atoms with Crippen LogP contribution in [0, 0.1) is 0 Å². The molecule has 1 aromatic rings. The zero-order chi connectivity index (χ0) is 13.1. The predicted octanol–water partition coefficient (Wildman–Crippen LogP) is 2.02. The van der Waals surface area contributed by atoms with Gasteiger partial charge >= 0.3 is 5.97 Å². The molecule has 96 valence electrons. The summed E-state index contributed by atoms with van der Waals surface area (Å²) in [5.41, 5.74) is 0.643. The van der Waals surface area contributed by atoms with E-state index in [0.29, 0.717) is 18.5 Å². The molecule has 0 bridgehead atoms. The van der Waals surface area contributed by atoms with Crippen molar-refractivity contribution in [3.05, 3.63) is 28.7 Å². The SMILES string of the molecule is O=C(Nc1ccccc1Br)[C@@H]1CC[C@H](C(=O)O)O1. The molecule has 1 aliphatic rings. The van der Waals surface area contributed by atoms with Crippen molar-refractivity contribution in [1.82, 2.24) is 0 Å². The molecule has 5 nitrogen and oxygen atoms in total. The van der Waals surface area contributed by atoms with E-state index in [9.17, 15) is 9.59 Å². The summed E-state index contributed by atoms with van der Waals surface area (Å²) in [4.78, 5) is 22.6. The smallest absolute Gasteiger partial charge is 0.332 e. The quantitative estimate of drug-likeness (QED) is 0.895. The first kappa shape index (κ1) is 13.0. The second-order valence-electron chi connectivity index (χ2n) is 4.00. The Balaban J connectivity index is 1.98. The highest BCUT2D eigenvalue weighted by Crippen LogP contribution is 2.24. The molecule has 2 atom stereocenters. The number of carbonyl (C=O) groups is 2. The summed E-state index contributed by atoms with van der Waals surface area (Å²) in [7, 11) is 0. The van der Waals surface area contributed by atoms with Gasteiger partial charge in [-0.1, -0.05) is 12.1 Å². The highest BCUT2D eigenvalue weighted by molar-refractivity contribution is 9.10. The van der Waals surface area contributed by atoms with Crippen LogP contribution in [-0.4, -0.2) is 29.2 Å². The van der Waals surface area contributed by atoms with Gasteiger partial charge < -0.3 is 15.2 Å². The fraction of sp³-hybridized carbons (Fsp3) is 0.333. The number of para-hydroxylation sites is 1. The van der Waals surface area contributed by atoms with Gasteiger partial charge in [0.15, 0.2) is 6.10 Å². The van der Waals surface area contributed by atoms with Gasteiger partial charge in [0.2, 0.25) is 0 Å². The number of anilines is 1. The molecule has 1 amide bonds. The van der Waals surface area contributed by atoms with Crippen LogP contribution >= 0.6 is 15.9 Å². The molecule has 0 radical (unpaired) electrons. The molecule has 6 heteroatoms. The summed E-state index contributed by atoms with van der Waals surface area (Å²) < 4.78 is 5.94. The molecule has 18 heavy (non-hydrogen) atoms. The number of aliphatic carboxylic acids is 1. The van der Waals surface area contributed by atoms with Crippen LogP contribution in [0.15, 0.2) is 28.7 Å². The summed E-state index contributed by atoms with van der Waals surface area (Å²) >= 11 is 3.32. The summed E-state index contributed by atoms with van der Waals surface area (Å²) in [6.45, 7) is 0. The van der Waals surface area contributed by atoms with Crippen molar-refractivity contribution in [3.63, 3.8) is 0 Å². The van der Waals surface area contributed by atoms with Crippen molar-refractivity contribution < 1.29 is 19.4 Å². The van der Waals surface area contributed by atoms with E-state index < -0.39 is 18.2 Å². The van der Waals surface area contributed by atoms with Crippen LogP contribution in [0.3, 0.4) is 0 Å². The Labute approximate surface area is 112 Å². The first-order valence-electron chi connectivity index (χ1n) is 5.51. The molecule has 1 aromatic carbocycles. The number of hydrogen-bond donors (Lipinski definition) is 2. The number of benzene rings is 1. The van der Waals surface area contributed by atoms with Gasteiger partial charge in [-0.15, -0.1) is 0 Å². The third-order valence-electron chi connectivity index (χ3n) is 2.72. The summed E-state index contributed by atoms with van der Waals surface area (Å²) in [6.07, 6.45) is -0.783. The largest absolute Gasteiger partial charge is 0.479 e. The van der Waals surface area contributed by atoms with E-state index >= 15 is 0 Å². The van der Waals surface area contributed by atoms with Crippen molar-refractivity contribution in [2.45, 2.75) is 25.0 Å². The number of hydrogen-bond acceptors (Lipinski definition) is 3. The minimum atomic E-state index is -1.02. The molecule has 1 fully saturated rings. The average Bonchev–Trinajstić information content (AvgIpc) is 2.81. The number of rotatable bonds is 3. The third kappa shape index (κ3) is 2.88. The summed E-state index contributed by atoms with van der Waals surface area (Å²) in [5, 5.41) is 11.5. The van der Waals surface area contributed by atoms with E-state index in [1.165, 1.54) is 0 Å². The zero-order valence-electron chi connectivity index (χ0n) is 9.43. The van der Waals surface area contributed by atoms with E-state index in [2.05, 4.69) is 21.2 Å². The van der Waals surface area contributed by atoms with E-state index in [-0.39, 0.29) is 5.91 Å². The third-order valence-corrected chi connectivity index (χ3v) is 3.41. The second-order valence-corrected chi connectivity index (χ2v) is 4.85. The monoisotopic (exact) mass is 313 g/mol. The fourth-order valence-corrected chi connectivity index (χ4v) is 2.17. The van der Waals surface area contributed by atoms with E-state index in [1.54, 1.807) is 12.1 Å².